The molecule has 1 aromatic carbocycles. The number of thiocarbonyl (C=S) groups is 1. The molecule has 0 radical (unpaired) electrons. The second-order valence-corrected chi connectivity index (χ2v) is 4.01. The summed E-state index contributed by atoms with van der Waals surface area (Å²) in [4.78, 5) is 8.25. The normalized spacial score (nSPS) is 9.92. The van der Waals surface area contributed by atoms with Gasteiger partial charge in [0.25, 0.3) is 0 Å². The summed E-state index contributed by atoms with van der Waals surface area (Å²) in [6, 6.07) is 5.81. The maximum atomic E-state index is 4.53. The number of rotatable bonds is 1. The summed E-state index contributed by atoms with van der Waals surface area (Å²) in [5.41, 5.74) is 1.86. The van der Waals surface area contributed by atoms with E-state index in [0.717, 1.165) is 20.9 Å². The van der Waals surface area contributed by atoms with Gasteiger partial charge in [-0.15, -0.1) is 11.3 Å². The van der Waals surface area contributed by atoms with Gasteiger partial charge < -0.3 is 0 Å². The highest BCUT2D eigenvalue weighted by Gasteiger charge is 1.99. The molecule has 0 atom stereocenters. The Morgan fingerprint density at radius 1 is 1.54 bits per heavy atom. The Hall–Kier alpha value is -1.09. The number of aromatic nitrogens is 1. The summed E-state index contributed by atoms with van der Waals surface area (Å²) in [5.74, 6) is 0. The molecule has 0 N–H and O–H groups in total. The molecule has 1 heterocycles. The Balaban J connectivity index is 2.67. The first-order chi connectivity index (χ1) is 6.29. The van der Waals surface area contributed by atoms with Gasteiger partial charge >= 0.3 is 0 Å². The van der Waals surface area contributed by atoms with Gasteiger partial charge in [0.05, 0.1) is 26.1 Å². The first-order valence-electron chi connectivity index (χ1n) is 3.74. The van der Waals surface area contributed by atoms with E-state index in [2.05, 4.69) is 27.4 Å². The minimum absolute atomic E-state index is 0.839. The van der Waals surface area contributed by atoms with E-state index in [1.54, 1.807) is 11.3 Å². The van der Waals surface area contributed by atoms with E-state index in [1.807, 2.05) is 25.1 Å². The van der Waals surface area contributed by atoms with Crippen LogP contribution in [-0.2, 0) is 0 Å². The highest BCUT2D eigenvalue weighted by molar-refractivity contribution is 7.78. The van der Waals surface area contributed by atoms with Crippen molar-refractivity contribution in [2.45, 2.75) is 6.92 Å². The van der Waals surface area contributed by atoms with Crippen LogP contribution in [0.2, 0.25) is 0 Å². The number of thiazole rings is 1. The summed E-state index contributed by atoms with van der Waals surface area (Å²) in [5, 5.41) is 3.42. The van der Waals surface area contributed by atoms with Crippen LogP contribution in [0.1, 0.15) is 5.01 Å². The fourth-order valence-electron chi connectivity index (χ4n) is 1.15. The summed E-state index contributed by atoms with van der Waals surface area (Å²) < 4.78 is 1.14. The first kappa shape index (κ1) is 8.51. The standard InChI is InChI=1S/C9H6N2S2/c1-6-11-8-3-2-7(10-5-12)4-9(8)13-6/h2-4H,1H3. The van der Waals surface area contributed by atoms with Crippen molar-refractivity contribution >= 4 is 44.6 Å². The van der Waals surface area contributed by atoms with Crippen LogP contribution in [0.25, 0.3) is 10.2 Å². The van der Waals surface area contributed by atoms with Crippen LogP contribution in [0.5, 0.6) is 0 Å². The molecule has 13 heavy (non-hydrogen) atoms. The number of fused-ring (bicyclic) bond motifs is 1. The van der Waals surface area contributed by atoms with E-state index >= 15 is 0 Å². The Morgan fingerprint density at radius 2 is 2.38 bits per heavy atom. The van der Waals surface area contributed by atoms with Crippen molar-refractivity contribution in [3.05, 3.63) is 23.2 Å². The van der Waals surface area contributed by atoms with Gasteiger partial charge in [0.2, 0.25) is 0 Å². The lowest BCUT2D eigenvalue weighted by molar-refractivity contribution is 1.35. The van der Waals surface area contributed by atoms with Crippen LogP contribution in [0, 0.1) is 6.92 Å². The molecule has 0 aliphatic rings. The average Bonchev–Trinajstić information content (AvgIpc) is 2.44. The zero-order valence-corrected chi connectivity index (χ0v) is 8.58. The van der Waals surface area contributed by atoms with Gasteiger partial charge in [-0.3, -0.25) is 0 Å². The Kier molecular flexibility index (Phi) is 2.19. The number of hydrogen-bond acceptors (Lipinski definition) is 4. The Labute approximate surface area is 85.0 Å². The van der Waals surface area contributed by atoms with Crippen molar-refractivity contribution in [2.75, 3.05) is 0 Å². The maximum Gasteiger partial charge on any atom is 0.0907 e. The van der Waals surface area contributed by atoms with Crippen LogP contribution in [-0.4, -0.2) is 10.1 Å². The molecule has 2 nitrogen and oxygen atoms in total. The van der Waals surface area contributed by atoms with Gasteiger partial charge in [-0.1, -0.05) is 0 Å². The smallest absolute Gasteiger partial charge is 0.0907 e. The van der Waals surface area contributed by atoms with Crippen LogP contribution in [0.4, 0.5) is 5.69 Å². The predicted molar refractivity (Wildman–Crippen MR) is 59.0 cm³/mol. The van der Waals surface area contributed by atoms with Crippen molar-refractivity contribution in [1.82, 2.24) is 4.98 Å². The van der Waals surface area contributed by atoms with Crippen LogP contribution in [0.3, 0.4) is 0 Å². The third kappa shape index (κ3) is 1.65. The molecule has 0 saturated heterocycles. The van der Waals surface area contributed by atoms with Gasteiger partial charge in [0.1, 0.15) is 0 Å². The highest BCUT2D eigenvalue weighted by Crippen LogP contribution is 2.25. The summed E-state index contributed by atoms with van der Waals surface area (Å²) in [7, 11) is 0. The van der Waals surface area contributed by atoms with Gasteiger partial charge in [-0.2, -0.15) is 4.99 Å². The second-order valence-electron chi connectivity index (χ2n) is 2.59. The predicted octanol–water partition coefficient (Wildman–Crippen LogP) is 3.34. The average molecular weight is 206 g/mol. The summed E-state index contributed by atoms with van der Waals surface area (Å²) >= 11 is 6.19. The number of isothiocyanates is 1. The molecule has 0 aliphatic carbocycles. The number of aryl methyl sites for hydroxylation is 1. The topological polar surface area (TPSA) is 25.2 Å². The highest BCUT2D eigenvalue weighted by atomic mass is 32.1. The zero-order chi connectivity index (χ0) is 9.26. The van der Waals surface area contributed by atoms with E-state index in [4.69, 9.17) is 0 Å². The fourth-order valence-corrected chi connectivity index (χ4v) is 2.12. The number of aliphatic imine (C=N–C) groups is 1. The lowest BCUT2D eigenvalue weighted by Crippen LogP contribution is -1.67. The minimum Gasteiger partial charge on any atom is -0.242 e. The van der Waals surface area contributed by atoms with Crippen LogP contribution < -0.4 is 0 Å². The van der Waals surface area contributed by atoms with Gasteiger partial charge in [0.15, 0.2) is 0 Å². The van der Waals surface area contributed by atoms with E-state index in [9.17, 15) is 0 Å². The van der Waals surface area contributed by atoms with Crippen LogP contribution >= 0.6 is 23.6 Å². The largest absolute Gasteiger partial charge is 0.242 e. The van der Waals surface area contributed by atoms with Crippen LogP contribution in [0.15, 0.2) is 23.2 Å². The van der Waals surface area contributed by atoms with Crippen molar-refractivity contribution < 1.29 is 0 Å². The molecule has 0 fully saturated rings. The molecular weight excluding hydrogens is 200 g/mol. The fraction of sp³-hybridized carbons (Fsp3) is 0.111. The second kappa shape index (κ2) is 3.34. The molecule has 0 bridgehead atoms. The Bertz CT molecular complexity index is 495. The molecule has 0 saturated carbocycles. The maximum absolute atomic E-state index is 4.53. The number of nitrogens with zero attached hydrogens (tertiary/aromatic N) is 2. The van der Waals surface area contributed by atoms with Gasteiger partial charge in [0, 0.05) is 0 Å². The number of benzene rings is 1. The lowest BCUT2D eigenvalue weighted by atomic mass is 10.3. The van der Waals surface area contributed by atoms with Crippen molar-refractivity contribution in [2.24, 2.45) is 4.99 Å². The van der Waals surface area contributed by atoms with E-state index in [0.29, 0.717) is 0 Å². The van der Waals surface area contributed by atoms with Crippen molar-refractivity contribution in [3.8, 4) is 0 Å². The van der Waals surface area contributed by atoms with E-state index in [1.165, 1.54) is 0 Å². The molecule has 4 heteroatoms. The molecule has 1 aromatic heterocycles. The molecule has 0 unspecified atom stereocenters. The molecule has 0 spiro atoms. The molecule has 64 valence electrons. The number of hydrogen-bond donors (Lipinski definition) is 0. The quantitative estimate of drug-likeness (QED) is 0.528. The first-order valence-corrected chi connectivity index (χ1v) is 4.97. The SMILES string of the molecule is Cc1nc2ccc(N=C=S)cc2s1. The molecule has 0 aliphatic heterocycles. The minimum atomic E-state index is 0.839. The molecule has 2 aromatic rings. The monoisotopic (exact) mass is 206 g/mol. The lowest BCUT2D eigenvalue weighted by Gasteiger charge is -1.89. The molecule has 0 amide bonds. The van der Waals surface area contributed by atoms with E-state index in [-0.39, 0.29) is 0 Å². The van der Waals surface area contributed by atoms with Crippen molar-refractivity contribution in [1.29, 1.82) is 0 Å². The molecular formula is C9H6N2S2. The Morgan fingerprint density at radius 3 is 3.15 bits per heavy atom. The third-order valence-electron chi connectivity index (χ3n) is 1.65. The summed E-state index contributed by atoms with van der Waals surface area (Å²) in [6.45, 7) is 1.99. The van der Waals surface area contributed by atoms with E-state index < -0.39 is 0 Å². The summed E-state index contributed by atoms with van der Waals surface area (Å²) in [6.07, 6.45) is 0. The third-order valence-corrected chi connectivity index (χ3v) is 2.68. The zero-order valence-electron chi connectivity index (χ0n) is 6.94. The van der Waals surface area contributed by atoms with Gasteiger partial charge in [-0.25, -0.2) is 4.98 Å². The van der Waals surface area contributed by atoms with Gasteiger partial charge in [-0.05, 0) is 37.3 Å². The van der Waals surface area contributed by atoms with Crippen molar-refractivity contribution in [3.63, 3.8) is 0 Å². The molecule has 2 rings (SSSR count).